The number of hydrogen-bond donors (Lipinski definition) is 1. The number of aromatic nitrogens is 1. The summed E-state index contributed by atoms with van der Waals surface area (Å²) in [6.45, 7) is 7.99. The molecule has 0 saturated carbocycles. The van der Waals surface area contributed by atoms with Crippen molar-refractivity contribution in [2.45, 2.75) is 34.1 Å². The molecule has 0 saturated heterocycles. The van der Waals surface area contributed by atoms with Gasteiger partial charge in [0.2, 0.25) is 0 Å². The first-order valence-electron chi connectivity index (χ1n) is 6.44. The third-order valence-corrected chi connectivity index (χ3v) is 3.03. The minimum atomic E-state index is 0.809. The van der Waals surface area contributed by atoms with Gasteiger partial charge in [0.25, 0.3) is 0 Å². The molecule has 0 unspecified atom stereocenters. The maximum Gasteiger partial charge on any atom is 0.143 e. The van der Waals surface area contributed by atoms with Gasteiger partial charge in [-0.1, -0.05) is 29.8 Å². The Kier molecular flexibility index (Phi) is 4.00. The maximum atomic E-state index is 5.22. The van der Waals surface area contributed by atoms with E-state index in [4.69, 9.17) is 4.52 Å². The number of aryl methyl sites for hydroxylation is 3. The highest BCUT2D eigenvalue weighted by Crippen LogP contribution is 2.16. The molecule has 1 N–H and O–H groups in total. The van der Waals surface area contributed by atoms with Crippen LogP contribution in [0.2, 0.25) is 0 Å². The first-order valence-corrected chi connectivity index (χ1v) is 6.44. The summed E-state index contributed by atoms with van der Waals surface area (Å²) in [5.74, 6) is 0.809. The summed E-state index contributed by atoms with van der Waals surface area (Å²) in [4.78, 5) is 0. The van der Waals surface area contributed by atoms with Gasteiger partial charge in [-0.2, -0.15) is 5.10 Å². The van der Waals surface area contributed by atoms with Crippen molar-refractivity contribution in [3.05, 3.63) is 46.8 Å². The lowest BCUT2D eigenvalue weighted by Gasteiger charge is -2.04. The predicted octanol–water partition coefficient (Wildman–Crippen LogP) is 3.69. The molecule has 1 heterocycles. The van der Waals surface area contributed by atoms with Crippen LogP contribution in [0.15, 0.2) is 33.9 Å². The number of nitrogens with zero attached hydrogens (tertiary/aromatic N) is 2. The lowest BCUT2D eigenvalue weighted by molar-refractivity contribution is 0.391. The third kappa shape index (κ3) is 3.02. The number of anilines is 1. The molecule has 0 atom stereocenters. The Balaban J connectivity index is 2.19. The van der Waals surface area contributed by atoms with Crippen LogP contribution in [0.25, 0.3) is 0 Å². The first-order chi connectivity index (χ1) is 9.11. The molecule has 1 aromatic carbocycles. The van der Waals surface area contributed by atoms with Gasteiger partial charge >= 0.3 is 0 Å². The largest absolute Gasteiger partial charge is 0.361 e. The highest BCUT2D eigenvalue weighted by Gasteiger charge is 2.13. The molecule has 4 nitrogen and oxygen atoms in total. The quantitative estimate of drug-likeness (QED) is 0.671. The Labute approximate surface area is 113 Å². The van der Waals surface area contributed by atoms with Crippen LogP contribution >= 0.6 is 0 Å². The van der Waals surface area contributed by atoms with E-state index in [0.29, 0.717) is 0 Å². The van der Waals surface area contributed by atoms with E-state index < -0.39 is 0 Å². The molecule has 0 aliphatic heterocycles. The van der Waals surface area contributed by atoms with E-state index in [1.165, 1.54) is 5.56 Å². The summed E-state index contributed by atoms with van der Waals surface area (Å²) < 4.78 is 5.22. The molecular weight excluding hydrogens is 238 g/mol. The van der Waals surface area contributed by atoms with Crippen molar-refractivity contribution in [1.82, 2.24) is 5.16 Å². The highest BCUT2D eigenvalue weighted by atomic mass is 16.5. The predicted molar refractivity (Wildman–Crippen MR) is 77.6 cm³/mol. The fourth-order valence-electron chi connectivity index (χ4n) is 1.96. The van der Waals surface area contributed by atoms with Gasteiger partial charge in [-0.05, 0) is 39.3 Å². The molecule has 2 rings (SSSR count). The van der Waals surface area contributed by atoms with E-state index in [1.54, 1.807) is 0 Å². The standard InChI is InChI=1S/C15H19N3O/c1-5-14-15(12(4)19-18-14)11(3)16-17-13-8-6-10(2)7-9-13/h6-9,17H,5H2,1-4H3. The van der Waals surface area contributed by atoms with Crippen LogP contribution in [0.3, 0.4) is 0 Å². The molecule has 0 fully saturated rings. The van der Waals surface area contributed by atoms with E-state index in [1.807, 2.05) is 26.0 Å². The van der Waals surface area contributed by atoms with Crippen LogP contribution in [-0.4, -0.2) is 10.9 Å². The van der Waals surface area contributed by atoms with Crippen molar-refractivity contribution in [3.8, 4) is 0 Å². The maximum absolute atomic E-state index is 5.22. The van der Waals surface area contributed by atoms with Gasteiger partial charge in [-0.15, -0.1) is 0 Å². The van der Waals surface area contributed by atoms with Gasteiger partial charge in [0.05, 0.1) is 22.7 Å². The van der Waals surface area contributed by atoms with Crippen molar-refractivity contribution in [3.63, 3.8) is 0 Å². The SMILES string of the molecule is CCc1noc(C)c1C(C)=NNc1ccc(C)cc1. The topological polar surface area (TPSA) is 50.4 Å². The van der Waals surface area contributed by atoms with Gasteiger partial charge in [0.15, 0.2) is 0 Å². The van der Waals surface area contributed by atoms with Crippen LogP contribution in [0, 0.1) is 13.8 Å². The summed E-state index contributed by atoms with van der Waals surface area (Å²) in [5.41, 5.74) is 8.09. The van der Waals surface area contributed by atoms with Crippen molar-refractivity contribution in [1.29, 1.82) is 0 Å². The van der Waals surface area contributed by atoms with Crippen molar-refractivity contribution in [2.75, 3.05) is 5.43 Å². The molecule has 0 spiro atoms. The first kappa shape index (κ1) is 13.3. The van der Waals surface area contributed by atoms with Gasteiger partial charge < -0.3 is 4.52 Å². The molecule has 4 heteroatoms. The Hall–Kier alpha value is -2.10. The highest BCUT2D eigenvalue weighted by molar-refractivity contribution is 6.00. The zero-order valence-electron chi connectivity index (χ0n) is 11.8. The van der Waals surface area contributed by atoms with Crippen molar-refractivity contribution < 1.29 is 4.52 Å². The summed E-state index contributed by atoms with van der Waals surface area (Å²) in [6.07, 6.45) is 0.837. The van der Waals surface area contributed by atoms with Crippen LogP contribution in [0.1, 0.15) is 36.4 Å². The molecule has 0 aliphatic carbocycles. The molecule has 0 radical (unpaired) electrons. The second kappa shape index (κ2) is 5.69. The minimum absolute atomic E-state index is 0.809. The lowest BCUT2D eigenvalue weighted by atomic mass is 10.1. The van der Waals surface area contributed by atoms with Crippen molar-refractivity contribution in [2.24, 2.45) is 5.10 Å². The fraction of sp³-hybridized carbons (Fsp3) is 0.333. The molecule has 2 aromatic rings. The number of rotatable bonds is 4. The molecule has 100 valence electrons. The third-order valence-electron chi connectivity index (χ3n) is 3.03. The molecular formula is C15H19N3O. The average Bonchev–Trinajstić information content (AvgIpc) is 2.79. The number of hydrazone groups is 1. The smallest absolute Gasteiger partial charge is 0.143 e. The van der Waals surface area contributed by atoms with Crippen LogP contribution in [-0.2, 0) is 6.42 Å². The molecule has 0 amide bonds. The summed E-state index contributed by atoms with van der Waals surface area (Å²) in [7, 11) is 0. The van der Waals surface area contributed by atoms with Gasteiger partial charge in [-0.25, -0.2) is 0 Å². The Bertz CT molecular complexity index is 582. The van der Waals surface area contributed by atoms with Gasteiger partial charge in [0, 0.05) is 0 Å². The van der Waals surface area contributed by atoms with Crippen LogP contribution in [0.5, 0.6) is 0 Å². The normalized spacial score (nSPS) is 11.7. The summed E-state index contributed by atoms with van der Waals surface area (Å²) in [6, 6.07) is 8.12. The average molecular weight is 257 g/mol. The zero-order valence-corrected chi connectivity index (χ0v) is 11.8. The Morgan fingerprint density at radius 3 is 2.58 bits per heavy atom. The zero-order chi connectivity index (χ0) is 13.8. The van der Waals surface area contributed by atoms with Gasteiger partial charge in [0.1, 0.15) is 5.76 Å². The number of nitrogens with one attached hydrogen (secondary N) is 1. The van der Waals surface area contributed by atoms with Crippen LogP contribution in [0.4, 0.5) is 5.69 Å². The Morgan fingerprint density at radius 1 is 1.26 bits per heavy atom. The minimum Gasteiger partial charge on any atom is -0.361 e. The summed E-state index contributed by atoms with van der Waals surface area (Å²) >= 11 is 0. The molecule has 1 aromatic heterocycles. The fourth-order valence-corrected chi connectivity index (χ4v) is 1.96. The molecule has 19 heavy (non-hydrogen) atoms. The van der Waals surface area contributed by atoms with E-state index >= 15 is 0 Å². The number of hydrogen-bond acceptors (Lipinski definition) is 4. The second-order valence-electron chi connectivity index (χ2n) is 4.59. The Morgan fingerprint density at radius 2 is 1.95 bits per heavy atom. The molecule has 0 aliphatic rings. The summed E-state index contributed by atoms with van der Waals surface area (Å²) in [5, 5.41) is 8.44. The van der Waals surface area contributed by atoms with E-state index in [9.17, 15) is 0 Å². The van der Waals surface area contributed by atoms with E-state index in [2.05, 4.69) is 41.7 Å². The second-order valence-corrected chi connectivity index (χ2v) is 4.59. The van der Waals surface area contributed by atoms with Crippen molar-refractivity contribution >= 4 is 11.4 Å². The molecule has 0 bridgehead atoms. The monoisotopic (exact) mass is 257 g/mol. The number of benzene rings is 1. The lowest BCUT2D eigenvalue weighted by Crippen LogP contribution is -2.03. The van der Waals surface area contributed by atoms with Gasteiger partial charge in [-0.3, -0.25) is 5.43 Å². The van der Waals surface area contributed by atoms with Crippen LogP contribution < -0.4 is 5.43 Å². The van der Waals surface area contributed by atoms with E-state index in [0.717, 1.165) is 34.8 Å². The van der Waals surface area contributed by atoms with E-state index in [-0.39, 0.29) is 0 Å².